The molecule has 0 unspecified atom stereocenters. The molecule has 1 aliphatic rings. The lowest BCUT2D eigenvalue weighted by molar-refractivity contribution is 0.309. The van der Waals surface area contributed by atoms with Crippen LogP contribution in [-0.4, -0.2) is 34.6 Å². The molecule has 0 aliphatic heterocycles. The first kappa shape index (κ1) is 14.8. The normalized spacial score (nSPS) is 19.4. The Morgan fingerprint density at radius 2 is 2.25 bits per heavy atom. The number of hydrogen-bond acceptors (Lipinski definition) is 5. The molecule has 1 heterocycles. The predicted octanol–water partition coefficient (Wildman–Crippen LogP) is 0.241. The van der Waals surface area contributed by atoms with Crippen molar-refractivity contribution >= 4 is 15.9 Å². The summed E-state index contributed by atoms with van der Waals surface area (Å²) in [6.07, 6.45) is 5.58. The van der Waals surface area contributed by atoms with Gasteiger partial charge in [0.05, 0.1) is 11.9 Å². The highest BCUT2D eigenvalue weighted by atomic mass is 32.2. The van der Waals surface area contributed by atoms with E-state index in [0.29, 0.717) is 19.4 Å². The molecular formula is C11H19N5O3S. The average molecular weight is 301 g/mol. The van der Waals surface area contributed by atoms with Gasteiger partial charge in [0.15, 0.2) is 10.9 Å². The van der Waals surface area contributed by atoms with Crippen molar-refractivity contribution in [2.45, 2.75) is 49.7 Å². The standard InChI is InChI=1S/C11H19N5O3S/c1-2-16-7-9(13-8-16)20(18,19)15-11(10(12)14-17)5-3-4-6-11/h7-8,15,17H,2-6H2,1H3,(H2,12,14). The van der Waals surface area contributed by atoms with Crippen LogP contribution in [0.3, 0.4) is 0 Å². The van der Waals surface area contributed by atoms with E-state index in [-0.39, 0.29) is 10.9 Å². The van der Waals surface area contributed by atoms with Crippen molar-refractivity contribution in [1.29, 1.82) is 0 Å². The topological polar surface area (TPSA) is 123 Å². The molecule has 1 aliphatic carbocycles. The van der Waals surface area contributed by atoms with E-state index in [1.807, 2.05) is 6.92 Å². The summed E-state index contributed by atoms with van der Waals surface area (Å²) in [5, 5.41) is 11.8. The Balaban J connectivity index is 2.30. The molecule has 20 heavy (non-hydrogen) atoms. The first-order valence-corrected chi connectivity index (χ1v) is 7.95. The Morgan fingerprint density at radius 1 is 1.60 bits per heavy atom. The van der Waals surface area contributed by atoms with Gasteiger partial charge in [0, 0.05) is 12.7 Å². The van der Waals surface area contributed by atoms with E-state index in [2.05, 4.69) is 14.9 Å². The second kappa shape index (κ2) is 5.41. The number of nitrogens with zero attached hydrogens (tertiary/aromatic N) is 3. The number of rotatable bonds is 5. The molecule has 0 aromatic carbocycles. The molecule has 1 aromatic rings. The molecule has 8 nitrogen and oxygen atoms in total. The Labute approximate surface area is 117 Å². The first-order chi connectivity index (χ1) is 9.43. The summed E-state index contributed by atoms with van der Waals surface area (Å²) in [6, 6.07) is 0. The van der Waals surface area contributed by atoms with Gasteiger partial charge in [0.1, 0.15) is 0 Å². The number of oxime groups is 1. The highest BCUT2D eigenvalue weighted by molar-refractivity contribution is 7.89. The zero-order valence-electron chi connectivity index (χ0n) is 11.3. The van der Waals surface area contributed by atoms with Crippen LogP contribution in [-0.2, 0) is 16.6 Å². The maximum atomic E-state index is 12.4. The van der Waals surface area contributed by atoms with Gasteiger partial charge in [-0.3, -0.25) is 0 Å². The van der Waals surface area contributed by atoms with Crippen molar-refractivity contribution in [3.05, 3.63) is 12.5 Å². The van der Waals surface area contributed by atoms with E-state index in [1.165, 1.54) is 12.5 Å². The molecule has 2 rings (SSSR count). The number of imidazole rings is 1. The van der Waals surface area contributed by atoms with Crippen molar-refractivity contribution in [2.24, 2.45) is 10.9 Å². The summed E-state index contributed by atoms with van der Waals surface area (Å²) in [5.74, 6) is -0.103. The molecule has 1 saturated carbocycles. The largest absolute Gasteiger partial charge is 0.409 e. The summed E-state index contributed by atoms with van der Waals surface area (Å²) in [7, 11) is -3.80. The summed E-state index contributed by atoms with van der Waals surface area (Å²) in [4.78, 5) is 3.89. The van der Waals surface area contributed by atoms with Gasteiger partial charge in [-0.1, -0.05) is 18.0 Å². The lowest BCUT2D eigenvalue weighted by atomic mass is 9.98. The first-order valence-electron chi connectivity index (χ1n) is 6.47. The van der Waals surface area contributed by atoms with E-state index in [9.17, 15) is 8.42 Å². The number of nitrogens with one attached hydrogen (secondary N) is 1. The Kier molecular flexibility index (Phi) is 4.00. The minimum atomic E-state index is -3.80. The SMILES string of the molecule is CCn1cnc(S(=O)(=O)NC2(C(N)=NO)CCCC2)c1. The fourth-order valence-corrected chi connectivity index (χ4v) is 3.83. The second-order valence-corrected chi connectivity index (χ2v) is 6.55. The number of nitrogens with two attached hydrogens (primary N) is 1. The van der Waals surface area contributed by atoms with Gasteiger partial charge in [0.2, 0.25) is 0 Å². The maximum absolute atomic E-state index is 12.4. The number of amidine groups is 1. The summed E-state index contributed by atoms with van der Waals surface area (Å²) in [5.41, 5.74) is 4.67. The maximum Gasteiger partial charge on any atom is 0.260 e. The molecule has 0 spiro atoms. The highest BCUT2D eigenvalue weighted by Crippen LogP contribution is 2.31. The lowest BCUT2D eigenvalue weighted by Gasteiger charge is -2.27. The fraction of sp³-hybridized carbons (Fsp3) is 0.636. The van der Waals surface area contributed by atoms with Crippen molar-refractivity contribution in [1.82, 2.24) is 14.3 Å². The zero-order valence-corrected chi connectivity index (χ0v) is 12.1. The average Bonchev–Trinajstić information content (AvgIpc) is 3.06. The van der Waals surface area contributed by atoms with Crippen molar-refractivity contribution in [3.63, 3.8) is 0 Å². The fourth-order valence-electron chi connectivity index (χ4n) is 2.45. The van der Waals surface area contributed by atoms with Gasteiger partial charge < -0.3 is 15.5 Å². The van der Waals surface area contributed by atoms with Gasteiger partial charge in [-0.2, -0.15) is 4.72 Å². The molecule has 0 radical (unpaired) electrons. The van der Waals surface area contributed by atoms with Crippen LogP contribution in [0, 0.1) is 0 Å². The predicted molar refractivity (Wildman–Crippen MR) is 72.8 cm³/mol. The van der Waals surface area contributed by atoms with Crippen LogP contribution < -0.4 is 10.5 Å². The quantitative estimate of drug-likeness (QED) is 0.311. The molecule has 0 saturated heterocycles. The molecule has 4 N–H and O–H groups in total. The van der Waals surface area contributed by atoms with Crippen molar-refractivity contribution in [3.8, 4) is 0 Å². The molecular weight excluding hydrogens is 282 g/mol. The van der Waals surface area contributed by atoms with Crippen LogP contribution in [0.1, 0.15) is 32.6 Å². The minimum absolute atomic E-state index is 0.0589. The van der Waals surface area contributed by atoms with Crippen LogP contribution in [0.4, 0.5) is 0 Å². The molecule has 0 atom stereocenters. The third-order valence-electron chi connectivity index (χ3n) is 3.63. The number of aryl methyl sites for hydroxylation is 1. The van der Waals surface area contributed by atoms with Gasteiger partial charge in [-0.05, 0) is 19.8 Å². The van der Waals surface area contributed by atoms with Crippen LogP contribution in [0.5, 0.6) is 0 Å². The van der Waals surface area contributed by atoms with Gasteiger partial charge >= 0.3 is 0 Å². The summed E-state index contributed by atoms with van der Waals surface area (Å²) >= 11 is 0. The smallest absolute Gasteiger partial charge is 0.260 e. The minimum Gasteiger partial charge on any atom is -0.409 e. The third kappa shape index (κ3) is 2.63. The lowest BCUT2D eigenvalue weighted by Crippen LogP contribution is -2.55. The number of aromatic nitrogens is 2. The third-order valence-corrected chi connectivity index (χ3v) is 5.06. The van der Waals surface area contributed by atoms with Crippen LogP contribution in [0.25, 0.3) is 0 Å². The summed E-state index contributed by atoms with van der Waals surface area (Å²) in [6.45, 7) is 2.52. The van der Waals surface area contributed by atoms with Crippen LogP contribution in [0.15, 0.2) is 22.7 Å². The molecule has 112 valence electrons. The van der Waals surface area contributed by atoms with Crippen LogP contribution >= 0.6 is 0 Å². The van der Waals surface area contributed by atoms with E-state index < -0.39 is 15.6 Å². The van der Waals surface area contributed by atoms with E-state index in [4.69, 9.17) is 10.9 Å². The van der Waals surface area contributed by atoms with Gasteiger partial charge in [0.25, 0.3) is 10.0 Å². The molecule has 1 aromatic heterocycles. The Bertz CT molecular complexity index is 601. The van der Waals surface area contributed by atoms with E-state index in [0.717, 1.165) is 12.8 Å². The number of hydrogen-bond donors (Lipinski definition) is 3. The second-order valence-electron chi connectivity index (χ2n) is 4.92. The van der Waals surface area contributed by atoms with Gasteiger partial charge in [-0.25, -0.2) is 13.4 Å². The molecule has 9 heteroatoms. The van der Waals surface area contributed by atoms with Crippen LogP contribution in [0.2, 0.25) is 0 Å². The molecule has 0 amide bonds. The zero-order chi connectivity index (χ0) is 14.8. The van der Waals surface area contributed by atoms with Crippen molar-refractivity contribution in [2.75, 3.05) is 0 Å². The number of sulfonamides is 1. The van der Waals surface area contributed by atoms with E-state index >= 15 is 0 Å². The molecule has 0 bridgehead atoms. The highest BCUT2D eigenvalue weighted by Gasteiger charge is 2.42. The van der Waals surface area contributed by atoms with E-state index in [1.54, 1.807) is 4.57 Å². The summed E-state index contributed by atoms with van der Waals surface area (Å²) < 4.78 is 28.9. The van der Waals surface area contributed by atoms with Crippen molar-refractivity contribution < 1.29 is 13.6 Å². The monoisotopic (exact) mass is 301 g/mol. The Morgan fingerprint density at radius 3 is 2.75 bits per heavy atom. The van der Waals surface area contributed by atoms with Gasteiger partial charge in [-0.15, -0.1) is 0 Å². The molecule has 1 fully saturated rings. The Hall–Kier alpha value is -1.61.